The second-order valence-corrected chi connectivity index (χ2v) is 6.10. The minimum atomic E-state index is -0.555. The summed E-state index contributed by atoms with van der Waals surface area (Å²) in [5.41, 5.74) is 2.13. The molecule has 0 spiro atoms. The van der Waals surface area contributed by atoms with Crippen LogP contribution in [0.4, 0.5) is 0 Å². The lowest BCUT2D eigenvalue weighted by Crippen LogP contribution is -2.52. The number of benzene rings is 1. The minimum absolute atomic E-state index is 0.312. The van der Waals surface area contributed by atoms with Gasteiger partial charge >= 0.3 is 11.8 Å². The van der Waals surface area contributed by atoms with Gasteiger partial charge in [0.15, 0.2) is 0 Å². The number of nitrogens with zero attached hydrogens (tertiary/aromatic N) is 3. The summed E-state index contributed by atoms with van der Waals surface area (Å²) in [6, 6.07) is 13.9. The Hall–Kier alpha value is -2.73. The number of pyridine rings is 1. The molecule has 1 aromatic carbocycles. The summed E-state index contributed by atoms with van der Waals surface area (Å²) in [5, 5.41) is 2.66. The number of carbonyl (C=O) groups is 2. The summed E-state index contributed by atoms with van der Waals surface area (Å²) in [6.07, 6.45) is 3.35. The zero-order chi connectivity index (χ0) is 17.5. The van der Waals surface area contributed by atoms with Gasteiger partial charge in [-0.2, -0.15) is 0 Å². The molecule has 1 aromatic heterocycles. The average Bonchev–Trinajstić information content (AvgIpc) is 2.68. The van der Waals surface area contributed by atoms with E-state index >= 15 is 0 Å². The van der Waals surface area contributed by atoms with Crippen molar-refractivity contribution in [2.45, 2.75) is 13.1 Å². The van der Waals surface area contributed by atoms with Crippen LogP contribution in [0, 0.1) is 0 Å². The summed E-state index contributed by atoms with van der Waals surface area (Å²) < 4.78 is 0. The number of amides is 2. The third-order valence-corrected chi connectivity index (χ3v) is 4.28. The van der Waals surface area contributed by atoms with Crippen LogP contribution >= 0.6 is 0 Å². The highest BCUT2D eigenvalue weighted by Gasteiger charge is 2.25. The molecule has 0 unspecified atom stereocenters. The second-order valence-electron chi connectivity index (χ2n) is 6.10. The summed E-state index contributed by atoms with van der Waals surface area (Å²) in [7, 11) is 0. The fourth-order valence-electron chi connectivity index (χ4n) is 2.85. The Kier molecular flexibility index (Phi) is 5.74. The van der Waals surface area contributed by atoms with Gasteiger partial charge in [-0.1, -0.05) is 36.4 Å². The fraction of sp³-hybridized carbons (Fsp3) is 0.316. The van der Waals surface area contributed by atoms with E-state index in [9.17, 15) is 9.59 Å². The lowest BCUT2D eigenvalue weighted by atomic mass is 10.2. The molecule has 1 aliphatic heterocycles. The zero-order valence-electron chi connectivity index (χ0n) is 14.1. The van der Waals surface area contributed by atoms with E-state index in [2.05, 4.69) is 27.3 Å². The molecule has 25 heavy (non-hydrogen) atoms. The Balaban J connectivity index is 1.44. The Labute approximate surface area is 147 Å². The third kappa shape index (κ3) is 4.87. The molecule has 6 nitrogen and oxygen atoms in total. The fourth-order valence-corrected chi connectivity index (χ4v) is 2.85. The first kappa shape index (κ1) is 17.1. The van der Waals surface area contributed by atoms with Gasteiger partial charge in [0.2, 0.25) is 0 Å². The lowest BCUT2D eigenvalue weighted by Gasteiger charge is -2.34. The summed E-state index contributed by atoms with van der Waals surface area (Å²) in [5.74, 6) is -1.01. The van der Waals surface area contributed by atoms with Crippen molar-refractivity contribution >= 4 is 11.8 Å². The molecule has 2 amide bonds. The number of rotatable bonds is 4. The van der Waals surface area contributed by atoms with Crippen LogP contribution in [0.25, 0.3) is 0 Å². The molecule has 6 heteroatoms. The first-order valence-electron chi connectivity index (χ1n) is 8.44. The monoisotopic (exact) mass is 338 g/mol. The van der Waals surface area contributed by atoms with Crippen LogP contribution in [0.2, 0.25) is 0 Å². The van der Waals surface area contributed by atoms with Gasteiger partial charge < -0.3 is 10.2 Å². The molecule has 2 heterocycles. The smallest absolute Gasteiger partial charge is 0.311 e. The molecule has 0 aliphatic carbocycles. The van der Waals surface area contributed by atoms with E-state index in [-0.39, 0.29) is 0 Å². The van der Waals surface area contributed by atoms with Crippen molar-refractivity contribution in [2.24, 2.45) is 0 Å². The van der Waals surface area contributed by atoms with Crippen molar-refractivity contribution in [3.05, 3.63) is 66.0 Å². The number of carbonyl (C=O) groups excluding carboxylic acids is 2. The van der Waals surface area contributed by atoms with Gasteiger partial charge in [0, 0.05) is 51.7 Å². The second kappa shape index (κ2) is 8.39. The maximum atomic E-state index is 12.3. The van der Waals surface area contributed by atoms with Crippen LogP contribution in [0.5, 0.6) is 0 Å². The molecule has 0 bridgehead atoms. The van der Waals surface area contributed by atoms with E-state index < -0.39 is 11.8 Å². The summed E-state index contributed by atoms with van der Waals surface area (Å²) in [6.45, 7) is 3.88. The van der Waals surface area contributed by atoms with E-state index in [0.717, 1.165) is 25.2 Å². The van der Waals surface area contributed by atoms with Gasteiger partial charge in [0.05, 0.1) is 0 Å². The van der Waals surface area contributed by atoms with Gasteiger partial charge in [-0.15, -0.1) is 0 Å². The Bertz CT molecular complexity index is 698. The molecule has 0 radical (unpaired) electrons. The normalized spacial score (nSPS) is 15.0. The molecule has 1 aliphatic rings. The molecule has 0 saturated carbocycles. The van der Waals surface area contributed by atoms with Gasteiger partial charge in [-0.05, 0) is 17.2 Å². The number of nitrogens with one attached hydrogen (secondary N) is 1. The molecule has 0 atom stereocenters. The van der Waals surface area contributed by atoms with E-state index in [1.165, 1.54) is 5.56 Å². The maximum absolute atomic E-state index is 12.3. The van der Waals surface area contributed by atoms with Crippen molar-refractivity contribution in [1.29, 1.82) is 0 Å². The standard InChI is InChI=1S/C19H22N4O2/c24-18(21-14-17-7-4-8-20-13-17)19(25)23-11-9-22(10-12-23)15-16-5-2-1-3-6-16/h1-8,13H,9-12,14-15H2,(H,21,24). The minimum Gasteiger partial charge on any atom is -0.344 e. The van der Waals surface area contributed by atoms with E-state index in [4.69, 9.17) is 0 Å². The molecule has 130 valence electrons. The average molecular weight is 338 g/mol. The van der Waals surface area contributed by atoms with Gasteiger partial charge in [0.25, 0.3) is 0 Å². The predicted molar refractivity (Wildman–Crippen MR) is 94.4 cm³/mol. The Morgan fingerprint density at radius 1 is 0.960 bits per heavy atom. The van der Waals surface area contributed by atoms with Gasteiger partial charge in [-0.25, -0.2) is 0 Å². The van der Waals surface area contributed by atoms with E-state index in [1.807, 2.05) is 24.3 Å². The van der Waals surface area contributed by atoms with Crippen LogP contribution in [0.15, 0.2) is 54.9 Å². The molecule has 3 rings (SSSR count). The molecule has 1 saturated heterocycles. The summed E-state index contributed by atoms with van der Waals surface area (Å²) >= 11 is 0. The molecule has 1 fully saturated rings. The van der Waals surface area contributed by atoms with Crippen molar-refractivity contribution in [3.8, 4) is 0 Å². The Morgan fingerprint density at radius 2 is 1.68 bits per heavy atom. The van der Waals surface area contributed by atoms with E-state index in [0.29, 0.717) is 19.6 Å². The predicted octanol–water partition coefficient (Wildman–Crippen LogP) is 1.04. The first-order valence-corrected chi connectivity index (χ1v) is 8.44. The number of aromatic nitrogens is 1. The van der Waals surface area contributed by atoms with E-state index in [1.54, 1.807) is 23.4 Å². The van der Waals surface area contributed by atoms with Crippen LogP contribution in [0.3, 0.4) is 0 Å². The largest absolute Gasteiger partial charge is 0.344 e. The topological polar surface area (TPSA) is 65.5 Å². The Morgan fingerprint density at radius 3 is 2.36 bits per heavy atom. The zero-order valence-corrected chi connectivity index (χ0v) is 14.1. The van der Waals surface area contributed by atoms with Crippen molar-refractivity contribution < 1.29 is 9.59 Å². The molecular formula is C19H22N4O2. The van der Waals surface area contributed by atoms with Crippen molar-refractivity contribution in [1.82, 2.24) is 20.1 Å². The van der Waals surface area contributed by atoms with Gasteiger partial charge in [0.1, 0.15) is 0 Å². The highest BCUT2D eigenvalue weighted by Crippen LogP contribution is 2.08. The van der Waals surface area contributed by atoms with Gasteiger partial charge in [-0.3, -0.25) is 19.5 Å². The number of piperazine rings is 1. The van der Waals surface area contributed by atoms with Crippen LogP contribution in [-0.4, -0.2) is 52.8 Å². The first-order chi connectivity index (χ1) is 12.2. The third-order valence-electron chi connectivity index (χ3n) is 4.28. The van der Waals surface area contributed by atoms with Crippen LogP contribution < -0.4 is 5.32 Å². The quantitative estimate of drug-likeness (QED) is 0.846. The molecular weight excluding hydrogens is 316 g/mol. The number of hydrogen-bond donors (Lipinski definition) is 1. The SMILES string of the molecule is O=C(NCc1cccnc1)C(=O)N1CCN(Cc2ccccc2)CC1. The van der Waals surface area contributed by atoms with Crippen molar-refractivity contribution in [3.63, 3.8) is 0 Å². The number of hydrogen-bond acceptors (Lipinski definition) is 4. The van der Waals surface area contributed by atoms with Crippen molar-refractivity contribution in [2.75, 3.05) is 26.2 Å². The molecule has 1 N–H and O–H groups in total. The maximum Gasteiger partial charge on any atom is 0.311 e. The summed E-state index contributed by atoms with van der Waals surface area (Å²) in [4.78, 5) is 32.2. The van der Waals surface area contributed by atoms with Crippen LogP contribution in [-0.2, 0) is 22.7 Å². The highest BCUT2D eigenvalue weighted by atomic mass is 16.2. The lowest BCUT2D eigenvalue weighted by molar-refractivity contribution is -0.147. The highest BCUT2D eigenvalue weighted by molar-refractivity contribution is 6.34. The molecule has 2 aromatic rings. The van der Waals surface area contributed by atoms with Crippen LogP contribution in [0.1, 0.15) is 11.1 Å².